The Morgan fingerprint density at radius 3 is 2.44 bits per heavy atom. The van der Waals surface area contributed by atoms with Crippen LogP contribution in [-0.2, 0) is 21.1 Å². The second-order valence-corrected chi connectivity index (χ2v) is 16.2. The summed E-state index contributed by atoms with van der Waals surface area (Å²) in [6.07, 6.45) is 13.3. The Morgan fingerprint density at radius 2 is 1.74 bits per heavy atom. The first-order valence-corrected chi connectivity index (χ1v) is 19.5. The van der Waals surface area contributed by atoms with E-state index in [1.165, 1.54) is 19.2 Å². The fourth-order valence-electron chi connectivity index (χ4n) is 7.26. The molecule has 7 rings (SSSR count). The van der Waals surface area contributed by atoms with Gasteiger partial charge in [-0.2, -0.15) is 0 Å². The quantitative estimate of drug-likeness (QED) is 0.195. The lowest BCUT2D eigenvalue weighted by Gasteiger charge is -2.43. The monoisotopic (exact) mass is 726 g/mol. The Bertz CT molecular complexity index is 1820. The normalized spacial score (nSPS) is 23.1. The highest BCUT2D eigenvalue weighted by Gasteiger charge is 2.42. The van der Waals surface area contributed by atoms with Crippen molar-refractivity contribution in [1.82, 2.24) is 44.9 Å². The third-order valence-electron chi connectivity index (χ3n) is 9.86. The van der Waals surface area contributed by atoms with Crippen LogP contribution >= 0.6 is 11.6 Å². The molecule has 3 aromatic heterocycles. The average molecular weight is 727 g/mol. The minimum atomic E-state index is -3.20. The molecule has 1 unspecified atom stereocenters. The van der Waals surface area contributed by atoms with E-state index < -0.39 is 9.84 Å². The summed E-state index contributed by atoms with van der Waals surface area (Å²) in [7, 11) is -3.20. The standard InChI is InChI=1S/C33H43ClN10O5S/c1-3-50(45,46)13-12-48-32-30(18-43(39-32)25-5-7-26(8-6-25)44-27-9-10-28(44)20-47-19-27)38-33-35-15-24(16-36-33)23-4-11-29(34)31(14-23)49-22(2)17-42-21-37-40-41-42/h4,11,14-16,18,21-22,25-28H,3,5-10,12-13,17,19-20H2,1-2H3,(H,35,36,38)/t22?,25?,26?,27-,28+. The molecular formula is C33H43ClN10O5S. The van der Waals surface area contributed by atoms with Crippen molar-refractivity contribution >= 4 is 33.1 Å². The van der Waals surface area contributed by atoms with E-state index in [0.717, 1.165) is 50.0 Å². The van der Waals surface area contributed by atoms with Crippen molar-refractivity contribution in [2.24, 2.45) is 0 Å². The first-order chi connectivity index (χ1) is 24.2. The molecule has 5 heterocycles. The lowest BCUT2D eigenvalue weighted by Crippen LogP contribution is -2.52. The first kappa shape index (κ1) is 34.6. The maximum Gasteiger partial charge on any atom is 0.256 e. The van der Waals surface area contributed by atoms with E-state index in [1.54, 1.807) is 30.1 Å². The van der Waals surface area contributed by atoms with Crippen molar-refractivity contribution in [2.45, 2.75) is 89.2 Å². The first-order valence-electron chi connectivity index (χ1n) is 17.3. The van der Waals surface area contributed by atoms with Gasteiger partial charge in [0.1, 0.15) is 30.5 Å². The number of benzene rings is 1. The van der Waals surface area contributed by atoms with E-state index >= 15 is 0 Å². The fourth-order valence-corrected chi connectivity index (χ4v) is 8.05. The zero-order valence-electron chi connectivity index (χ0n) is 28.3. The van der Waals surface area contributed by atoms with Gasteiger partial charge in [-0.05, 0) is 73.6 Å². The van der Waals surface area contributed by atoms with E-state index in [4.69, 9.17) is 30.9 Å². The minimum Gasteiger partial charge on any atom is -0.487 e. The number of morpholine rings is 1. The zero-order chi connectivity index (χ0) is 34.7. The van der Waals surface area contributed by atoms with Crippen molar-refractivity contribution < 1.29 is 22.6 Å². The summed E-state index contributed by atoms with van der Waals surface area (Å²) >= 11 is 6.45. The number of tetrazole rings is 1. The van der Waals surface area contributed by atoms with Gasteiger partial charge in [0, 0.05) is 41.8 Å². The minimum absolute atomic E-state index is 0.00349. The lowest BCUT2D eigenvalue weighted by atomic mass is 9.89. The second kappa shape index (κ2) is 15.2. The molecule has 15 nitrogen and oxygen atoms in total. The summed E-state index contributed by atoms with van der Waals surface area (Å²) in [4.78, 5) is 11.9. The molecule has 17 heteroatoms. The van der Waals surface area contributed by atoms with Gasteiger partial charge in [0.2, 0.25) is 5.95 Å². The van der Waals surface area contributed by atoms with Crippen LogP contribution in [0.15, 0.2) is 43.1 Å². The summed E-state index contributed by atoms with van der Waals surface area (Å²) < 4.78 is 45.7. The number of hydrogen-bond acceptors (Lipinski definition) is 13. The van der Waals surface area contributed by atoms with Crippen LogP contribution in [0.3, 0.4) is 0 Å². The van der Waals surface area contributed by atoms with Crippen LogP contribution in [0.5, 0.6) is 11.6 Å². The van der Waals surface area contributed by atoms with Gasteiger partial charge in [-0.3, -0.25) is 9.58 Å². The number of nitrogens with zero attached hydrogens (tertiary/aromatic N) is 9. The van der Waals surface area contributed by atoms with Gasteiger partial charge in [0.05, 0.1) is 42.8 Å². The van der Waals surface area contributed by atoms with Gasteiger partial charge in [0.15, 0.2) is 9.84 Å². The molecule has 0 spiro atoms. The van der Waals surface area contributed by atoms with Crippen LogP contribution in [0.4, 0.5) is 11.6 Å². The molecule has 0 amide bonds. The number of ether oxygens (including phenoxy) is 3. The number of anilines is 2. The Kier molecular flexibility index (Phi) is 10.5. The number of nitrogens with one attached hydrogen (secondary N) is 1. The summed E-state index contributed by atoms with van der Waals surface area (Å²) in [6, 6.07) is 7.39. The Morgan fingerprint density at radius 1 is 1.02 bits per heavy atom. The van der Waals surface area contributed by atoms with Gasteiger partial charge in [-0.1, -0.05) is 24.6 Å². The van der Waals surface area contributed by atoms with Crippen molar-refractivity contribution in [2.75, 3.05) is 36.6 Å². The molecule has 1 N–H and O–H groups in total. The smallest absolute Gasteiger partial charge is 0.256 e. The number of sulfone groups is 1. The topological polar surface area (TPSA) is 164 Å². The van der Waals surface area contributed by atoms with E-state index in [-0.39, 0.29) is 30.3 Å². The molecule has 2 bridgehead atoms. The number of rotatable bonds is 14. The molecule has 1 saturated carbocycles. The SMILES string of the molecule is CCS(=O)(=O)CCOc1nn(C2CCC(N3[C@@H]4CC[C@H]3COC4)CC2)cc1Nc1ncc(-c2ccc(Cl)c(OC(C)Cn3cnnn3)c2)cn1. The van der Waals surface area contributed by atoms with E-state index in [9.17, 15) is 8.42 Å². The molecule has 0 radical (unpaired) electrons. The van der Waals surface area contributed by atoms with Crippen LogP contribution < -0.4 is 14.8 Å². The van der Waals surface area contributed by atoms with Crippen molar-refractivity contribution in [3.05, 3.63) is 48.1 Å². The van der Waals surface area contributed by atoms with E-state index in [0.29, 0.717) is 53.0 Å². The van der Waals surface area contributed by atoms with Crippen molar-refractivity contribution in [3.63, 3.8) is 0 Å². The second-order valence-electron chi connectivity index (χ2n) is 13.3. The molecule has 2 aliphatic heterocycles. The van der Waals surface area contributed by atoms with Crippen LogP contribution in [0.2, 0.25) is 5.02 Å². The molecule has 2 saturated heterocycles. The molecule has 1 aromatic carbocycles. The van der Waals surface area contributed by atoms with Crippen LogP contribution in [-0.4, -0.2) is 109 Å². The number of aromatic nitrogens is 8. The lowest BCUT2D eigenvalue weighted by molar-refractivity contribution is -0.0458. The molecule has 3 fully saturated rings. The molecule has 268 valence electrons. The summed E-state index contributed by atoms with van der Waals surface area (Å²) in [5.74, 6) is 1.18. The van der Waals surface area contributed by atoms with Crippen LogP contribution in [0.25, 0.3) is 11.1 Å². The molecular weight excluding hydrogens is 684 g/mol. The average Bonchev–Trinajstić information content (AvgIpc) is 3.84. The van der Waals surface area contributed by atoms with Gasteiger partial charge in [-0.25, -0.2) is 23.1 Å². The van der Waals surface area contributed by atoms with E-state index in [2.05, 4.69) is 35.7 Å². The highest BCUT2D eigenvalue weighted by Crippen LogP contribution is 2.39. The zero-order valence-corrected chi connectivity index (χ0v) is 29.8. The summed E-state index contributed by atoms with van der Waals surface area (Å²) in [5.41, 5.74) is 2.19. The fraction of sp³-hybridized carbons (Fsp3) is 0.576. The Balaban J connectivity index is 1.03. The van der Waals surface area contributed by atoms with Crippen LogP contribution in [0.1, 0.15) is 58.4 Å². The molecule has 3 aliphatic rings. The Labute approximate surface area is 296 Å². The number of halogens is 1. The molecule has 4 aromatic rings. The summed E-state index contributed by atoms with van der Waals surface area (Å²) in [5, 5.41) is 19.7. The van der Waals surface area contributed by atoms with Gasteiger partial charge >= 0.3 is 0 Å². The van der Waals surface area contributed by atoms with Crippen molar-refractivity contribution in [3.8, 4) is 22.8 Å². The van der Waals surface area contributed by atoms with Gasteiger partial charge < -0.3 is 19.5 Å². The third kappa shape index (κ3) is 8.03. The number of fused-ring (bicyclic) bond motifs is 2. The predicted molar refractivity (Wildman–Crippen MR) is 186 cm³/mol. The molecule has 50 heavy (non-hydrogen) atoms. The maximum atomic E-state index is 12.2. The molecule has 3 atom stereocenters. The summed E-state index contributed by atoms with van der Waals surface area (Å²) in [6.45, 7) is 5.71. The largest absolute Gasteiger partial charge is 0.487 e. The maximum absolute atomic E-state index is 12.2. The third-order valence-corrected chi connectivity index (χ3v) is 11.8. The predicted octanol–water partition coefficient (Wildman–Crippen LogP) is 4.35. The van der Waals surface area contributed by atoms with Gasteiger partial charge in [0.25, 0.3) is 5.88 Å². The highest BCUT2D eigenvalue weighted by atomic mass is 35.5. The highest BCUT2D eigenvalue weighted by molar-refractivity contribution is 7.91. The number of hydrogen-bond donors (Lipinski definition) is 1. The Hall–Kier alpha value is -3.86. The van der Waals surface area contributed by atoms with Gasteiger partial charge in [-0.15, -0.1) is 10.2 Å². The van der Waals surface area contributed by atoms with Crippen molar-refractivity contribution in [1.29, 1.82) is 0 Å². The van der Waals surface area contributed by atoms with E-state index in [1.807, 2.05) is 29.9 Å². The molecule has 1 aliphatic carbocycles. The van der Waals surface area contributed by atoms with Crippen LogP contribution in [0, 0.1) is 0 Å².